The molecule has 0 radical (unpaired) electrons. The first-order valence-electron chi connectivity index (χ1n) is 8.20. The van der Waals surface area contributed by atoms with Gasteiger partial charge in [-0.05, 0) is 35.9 Å². The van der Waals surface area contributed by atoms with E-state index in [-0.39, 0.29) is 6.10 Å². The standard InChI is InChI=1S/C19H19NO3S2/c1-14-6-8-15(9-7-14)25(21,22)20-10-11-23-18(12-20)17-13-24-19-5-3-2-4-16(17)19/h2-9,13,18H,10-12H2,1H3. The maximum atomic E-state index is 13.0. The third-order valence-electron chi connectivity index (χ3n) is 4.55. The van der Waals surface area contributed by atoms with Crippen molar-refractivity contribution in [1.82, 2.24) is 4.31 Å². The second-order valence-electron chi connectivity index (χ2n) is 6.22. The monoisotopic (exact) mass is 373 g/mol. The fraction of sp³-hybridized carbons (Fsp3) is 0.263. The van der Waals surface area contributed by atoms with Crippen LogP contribution in [-0.4, -0.2) is 32.4 Å². The van der Waals surface area contributed by atoms with Gasteiger partial charge in [0, 0.05) is 23.4 Å². The predicted octanol–water partition coefficient (Wildman–Crippen LogP) is 3.97. The van der Waals surface area contributed by atoms with E-state index in [1.807, 2.05) is 31.2 Å². The van der Waals surface area contributed by atoms with Gasteiger partial charge in [-0.15, -0.1) is 11.3 Å². The lowest BCUT2D eigenvalue weighted by molar-refractivity contribution is -0.00154. The first-order valence-corrected chi connectivity index (χ1v) is 10.5. The van der Waals surface area contributed by atoms with Gasteiger partial charge in [-0.3, -0.25) is 0 Å². The Balaban J connectivity index is 1.63. The van der Waals surface area contributed by atoms with Crippen LogP contribution in [0.1, 0.15) is 17.2 Å². The molecule has 0 spiro atoms. The Morgan fingerprint density at radius 1 is 1.12 bits per heavy atom. The average Bonchev–Trinajstić information content (AvgIpc) is 3.06. The molecule has 25 heavy (non-hydrogen) atoms. The highest BCUT2D eigenvalue weighted by Gasteiger charge is 2.32. The molecule has 1 atom stereocenters. The summed E-state index contributed by atoms with van der Waals surface area (Å²) in [7, 11) is -3.50. The first kappa shape index (κ1) is 16.7. The fourth-order valence-corrected chi connectivity index (χ4v) is 5.57. The van der Waals surface area contributed by atoms with Crippen LogP contribution in [0.25, 0.3) is 10.1 Å². The maximum Gasteiger partial charge on any atom is 0.243 e. The third kappa shape index (κ3) is 3.11. The molecule has 0 N–H and O–H groups in total. The Kier molecular flexibility index (Phi) is 4.37. The largest absolute Gasteiger partial charge is 0.371 e. The molecule has 1 aliphatic heterocycles. The van der Waals surface area contributed by atoms with Crippen LogP contribution in [0.5, 0.6) is 0 Å². The summed E-state index contributed by atoms with van der Waals surface area (Å²) >= 11 is 1.67. The van der Waals surface area contributed by atoms with Crippen LogP contribution < -0.4 is 0 Å². The number of hydrogen-bond acceptors (Lipinski definition) is 4. The smallest absolute Gasteiger partial charge is 0.243 e. The number of hydrogen-bond donors (Lipinski definition) is 0. The highest BCUT2D eigenvalue weighted by molar-refractivity contribution is 7.89. The van der Waals surface area contributed by atoms with Gasteiger partial charge in [0.1, 0.15) is 0 Å². The summed E-state index contributed by atoms with van der Waals surface area (Å²) in [6, 6.07) is 15.2. The molecule has 2 heterocycles. The minimum atomic E-state index is -3.50. The van der Waals surface area contributed by atoms with Crippen molar-refractivity contribution >= 4 is 31.4 Å². The number of rotatable bonds is 3. The number of nitrogens with zero attached hydrogens (tertiary/aromatic N) is 1. The van der Waals surface area contributed by atoms with E-state index in [2.05, 4.69) is 17.5 Å². The molecule has 1 unspecified atom stereocenters. The Morgan fingerprint density at radius 3 is 2.68 bits per heavy atom. The van der Waals surface area contributed by atoms with Gasteiger partial charge >= 0.3 is 0 Å². The average molecular weight is 373 g/mol. The van der Waals surface area contributed by atoms with Crippen LogP contribution in [0.2, 0.25) is 0 Å². The molecule has 1 aliphatic rings. The summed E-state index contributed by atoms with van der Waals surface area (Å²) in [6.07, 6.45) is -0.231. The van der Waals surface area contributed by atoms with Crippen molar-refractivity contribution in [2.45, 2.75) is 17.9 Å². The van der Waals surface area contributed by atoms with Crippen molar-refractivity contribution in [3.63, 3.8) is 0 Å². The summed E-state index contributed by atoms with van der Waals surface area (Å²) in [6.45, 7) is 3.08. The van der Waals surface area contributed by atoms with E-state index >= 15 is 0 Å². The highest BCUT2D eigenvalue weighted by atomic mass is 32.2. The topological polar surface area (TPSA) is 46.6 Å². The predicted molar refractivity (Wildman–Crippen MR) is 100 cm³/mol. The molecule has 1 saturated heterocycles. The minimum absolute atomic E-state index is 0.231. The van der Waals surface area contributed by atoms with Gasteiger partial charge in [0.05, 0.1) is 17.6 Å². The number of thiophene rings is 1. The van der Waals surface area contributed by atoms with E-state index in [1.54, 1.807) is 23.5 Å². The zero-order valence-corrected chi connectivity index (χ0v) is 15.5. The molecule has 0 aliphatic carbocycles. The molecule has 2 aromatic carbocycles. The van der Waals surface area contributed by atoms with Crippen molar-refractivity contribution < 1.29 is 13.2 Å². The zero-order valence-electron chi connectivity index (χ0n) is 13.9. The molecule has 4 rings (SSSR count). The summed E-state index contributed by atoms with van der Waals surface area (Å²) in [4.78, 5) is 0.342. The van der Waals surface area contributed by atoms with Crippen molar-refractivity contribution in [1.29, 1.82) is 0 Å². The van der Waals surface area contributed by atoms with E-state index in [0.717, 1.165) is 16.5 Å². The lowest BCUT2D eigenvalue weighted by Gasteiger charge is -2.32. The first-order chi connectivity index (χ1) is 12.1. The zero-order chi connectivity index (χ0) is 17.4. The van der Waals surface area contributed by atoms with Crippen molar-refractivity contribution in [2.75, 3.05) is 19.7 Å². The normalized spacial score (nSPS) is 19.3. The summed E-state index contributed by atoms with van der Waals surface area (Å²) in [5, 5.41) is 3.23. The van der Waals surface area contributed by atoms with Crippen LogP contribution in [-0.2, 0) is 14.8 Å². The molecule has 1 aromatic heterocycles. The minimum Gasteiger partial charge on any atom is -0.371 e. The van der Waals surface area contributed by atoms with Crippen LogP contribution in [0.3, 0.4) is 0 Å². The summed E-state index contributed by atoms with van der Waals surface area (Å²) in [5.74, 6) is 0. The van der Waals surface area contributed by atoms with Gasteiger partial charge in [0.15, 0.2) is 0 Å². The van der Waals surface area contributed by atoms with Crippen molar-refractivity contribution in [2.24, 2.45) is 0 Å². The van der Waals surface area contributed by atoms with Crippen LogP contribution in [0, 0.1) is 6.92 Å². The Hall–Kier alpha value is -1.73. The van der Waals surface area contributed by atoms with E-state index in [0.29, 0.717) is 24.6 Å². The van der Waals surface area contributed by atoms with Crippen LogP contribution in [0.4, 0.5) is 0 Å². The van der Waals surface area contributed by atoms with Gasteiger partial charge in [0.25, 0.3) is 0 Å². The van der Waals surface area contributed by atoms with Crippen molar-refractivity contribution in [3.05, 3.63) is 65.0 Å². The van der Waals surface area contributed by atoms with E-state index in [1.165, 1.54) is 9.01 Å². The van der Waals surface area contributed by atoms with Gasteiger partial charge in [-0.1, -0.05) is 35.9 Å². The molecule has 1 fully saturated rings. The summed E-state index contributed by atoms with van der Waals surface area (Å²) in [5.41, 5.74) is 2.12. The number of benzene rings is 2. The number of sulfonamides is 1. The van der Waals surface area contributed by atoms with Gasteiger partial charge in [-0.25, -0.2) is 8.42 Å². The molecule has 130 valence electrons. The molecule has 3 aromatic rings. The van der Waals surface area contributed by atoms with Gasteiger partial charge in [-0.2, -0.15) is 4.31 Å². The number of morpholine rings is 1. The summed E-state index contributed by atoms with van der Waals surface area (Å²) < 4.78 is 34.5. The second-order valence-corrected chi connectivity index (χ2v) is 9.07. The van der Waals surface area contributed by atoms with Gasteiger partial charge < -0.3 is 4.74 Å². The molecule has 0 saturated carbocycles. The van der Waals surface area contributed by atoms with E-state index < -0.39 is 10.0 Å². The maximum absolute atomic E-state index is 13.0. The molecule has 0 amide bonds. The molecular weight excluding hydrogens is 354 g/mol. The Morgan fingerprint density at radius 2 is 1.88 bits per heavy atom. The van der Waals surface area contributed by atoms with Gasteiger partial charge in [0.2, 0.25) is 10.0 Å². The number of fused-ring (bicyclic) bond motifs is 1. The van der Waals surface area contributed by atoms with Crippen LogP contribution in [0.15, 0.2) is 58.8 Å². The molecule has 0 bridgehead atoms. The molecule has 4 nitrogen and oxygen atoms in total. The third-order valence-corrected chi connectivity index (χ3v) is 7.41. The lowest BCUT2D eigenvalue weighted by atomic mass is 10.1. The fourth-order valence-electron chi connectivity index (χ4n) is 3.14. The van der Waals surface area contributed by atoms with E-state index in [4.69, 9.17) is 4.74 Å². The van der Waals surface area contributed by atoms with Crippen LogP contribution >= 0.6 is 11.3 Å². The van der Waals surface area contributed by atoms with E-state index in [9.17, 15) is 8.42 Å². The quantitative estimate of drug-likeness (QED) is 0.698. The lowest BCUT2D eigenvalue weighted by Crippen LogP contribution is -2.42. The Bertz CT molecular complexity index is 993. The Labute approximate surface area is 151 Å². The molecule has 6 heteroatoms. The molecular formula is C19H19NO3S2. The SMILES string of the molecule is Cc1ccc(S(=O)(=O)N2CCOC(c3csc4ccccc34)C2)cc1. The van der Waals surface area contributed by atoms with Crippen molar-refractivity contribution in [3.8, 4) is 0 Å². The number of ether oxygens (including phenoxy) is 1. The second kappa shape index (κ2) is 6.53. The highest BCUT2D eigenvalue weighted by Crippen LogP contribution is 2.34. The number of aryl methyl sites for hydroxylation is 1.